The fourth-order valence-electron chi connectivity index (χ4n) is 1.73. The SMILES string of the molecule is Cc1ccc(CNC(=O)C(=O)NN=Cc2ccc(Cl)cc2)cc1. The van der Waals surface area contributed by atoms with E-state index in [-0.39, 0.29) is 6.54 Å². The maximum Gasteiger partial charge on any atom is 0.329 e. The molecule has 0 aliphatic rings. The van der Waals surface area contributed by atoms with E-state index in [1.807, 2.05) is 31.2 Å². The summed E-state index contributed by atoms with van der Waals surface area (Å²) in [5, 5.41) is 6.88. The van der Waals surface area contributed by atoms with E-state index in [4.69, 9.17) is 11.6 Å². The zero-order chi connectivity index (χ0) is 16.7. The van der Waals surface area contributed by atoms with Crippen LogP contribution in [0.3, 0.4) is 0 Å². The maximum absolute atomic E-state index is 11.7. The van der Waals surface area contributed by atoms with Crippen LogP contribution < -0.4 is 10.7 Å². The van der Waals surface area contributed by atoms with Crippen molar-refractivity contribution in [2.45, 2.75) is 13.5 Å². The van der Waals surface area contributed by atoms with Crippen LogP contribution in [0.1, 0.15) is 16.7 Å². The third-order valence-corrected chi connectivity index (χ3v) is 3.28. The van der Waals surface area contributed by atoms with Crippen molar-refractivity contribution in [3.05, 3.63) is 70.2 Å². The van der Waals surface area contributed by atoms with Crippen LogP contribution in [0, 0.1) is 6.92 Å². The molecule has 0 unspecified atom stereocenters. The first-order valence-corrected chi connectivity index (χ1v) is 7.35. The number of hydrazone groups is 1. The summed E-state index contributed by atoms with van der Waals surface area (Å²) in [5.41, 5.74) is 4.99. The molecular weight excluding hydrogens is 314 g/mol. The summed E-state index contributed by atoms with van der Waals surface area (Å²) >= 11 is 5.76. The van der Waals surface area contributed by atoms with Gasteiger partial charge >= 0.3 is 11.8 Å². The normalized spacial score (nSPS) is 10.5. The topological polar surface area (TPSA) is 70.6 Å². The largest absolute Gasteiger partial charge is 0.344 e. The number of benzene rings is 2. The Labute approximate surface area is 139 Å². The number of hydrogen-bond donors (Lipinski definition) is 2. The van der Waals surface area contributed by atoms with Gasteiger partial charge in [0, 0.05) is 11.6 Å². The Balaban J connectivity index is 1.79. The molecule has 0 saturated heterocycles. The summed E-state index contributed by atoms with van der Waals surface area (Å²) in [5.74, 6) is -1.55. The Morgan fingerprint density at radius 2 is 1.70 bits per heavy atom. The van der Waals surface area contributed by atoms with Gasteiger partial charge in [0.2, 0.25) is 0 Å². The van der Waals surface area contributed by atoms with E-state index in [1.165, 1.54) is 6.21 Å². The minimum atomic E-state index is -0.817. The Hall–Kier alpha value is -2.66. The van der Waals surface area contributed by atoms with Crippen LogP contribution in [0.2, 0.25) is 5.02 Å². The summed E-state index contributed by atoms with van der Waals surface area (Å²) in [6.45, 7) is 2.27. The lowest BCUT2D eigenvalue weighted by molar-refractivity contribution is -0.139. The molecule has 2 N–H and O–H groups in total. The number of rotatable bonds is 4. The van der Waals surface area contributed by atoms with Crippen LogP contribution in [0.15, 0.2) is 53.6 Å². The molecule has 2 rings (SSSR count). The molecule has 0 heterocycles. The fourth-order valence-corrected chi connectivity index (χ4v) is 1.86. The van der Waals surface area contributed by atoms with Crippen LogP contribution in [0.25, 0.3) is 0 Å². The second kappa shape index (κ2) is 8.10. The third-order valence-electron chi connectivity index (χ3n) is 3.03. The molecule has 118 valence electrons. The molecule has 2 aromatic rings. The van der Waals surface area contributed by atoms with Crippen LogP contribution >= 0.6 is 11.6 Å². The van der Waals surface area contributed by atoms with Gasteiger partial charge in [-0.15, -0.1) is 0 Å². The van der Waals surface area contributed by atoms with Gasteiger partial charge in [-0.05, 0) is 30.2 Å². The molecule has 0 aromatic heterocycles. The van der Waals surface area contributed by atoms with Crippen molar-refractivity contribution in [2.24, 2.45) is 5.10 Å². The zero-order valence-corrected chi connectivity index (χ0v) is 13.3. The molecular formula is C17H16ClN3O2. The van der Waals surface area contributed by atoms with Crippen molar-refractivity contribution >= 4 is 29.6 Å². The molecule has 0 aliphatic carbocycles. The highest BCUT2D eigenvalue weighted by Crippen LogP contribution is 2.07. The highest BCUT2D eigenvalue weighted by molar-refractivity contribution is 6.35. The van der Waals surface area contributed by atoms with Gasteiger partial charge in [-0.1, -0.05) is 53.6 Å². The standard InChI is InChI=1S/C17H16ClN3O2/c1-12-2-4-13(5-3-12)10-19-16(22)17(23)21-20-11-14-6-8-15(18)9-7-14/h2-9,11H,10H2,1H3,(H,19,22)(H,21,23). The van der Waals surface area contributed by atoms with Gasteiger partial charge in [0.15, 0.2) is 0 Å². The molecule has 2 aromatic carbocycles. The third kappa shape index (κ3) is 5.56. The molecule has 6 heteroatoms. The predicted molar refractivity (Wildman–Crippen MR) is 90.2 cm³/mol. The minimum Gasteiger partial charge on any atom is -0.344 e. The van der Waals surface area contributed by atoms with Gasteiger partial charge in [0.05, 0.1) is 6.21 Å². The molecule has 0 bridgehead atoms. The monoisotopic (exact) mass is 329 g/mol. The number of hydrogen-bond acceptors (Lipinski definition) is 3. The van der Waals surface area contributed by atoms with Gasteiger partial charge < -0.3 is 5.32 Å². The van der Waals surface area contributed by atoms with E-state index in [1.54, 1.807) is 24.3 Å². The van der Waals surface area contributed by atoms with Crippen LogP contribution in [-0.2, 0) is 16.1 Å². The van der Waals surface area contributed by atoms with Gasteiger partial charge in [-0.2, -0.15) is 5.10 Å². The number of nitrogens with one attached hydrogen (secondary N) is 2. The average molecular weight is 330 g/mol. The van der Waals surface area contributed by atoms with E-state index >= 15 is 0 Å². The number of carbonyl (C=O) groups excluding carboxylic acids is 2. The molecule has 0 atom stereocenters. The molecule has 0 radical (unpaired) electrons. The first-order chi connectivity index (χ1) is 11.0. The van der Waals surface area contributed by atoms with Gasteiger partial charge in [0.25, 0.3) is 0 Å². The van der Waals surface area contributed by atoms with Crippen LogP contribution in [-0.4, -0.2) is 18.0 Å². The zero-order valence-electron chi connectivity index (χ0n) is 12.5. The quantitative estimate of drug-likeness (QED) is 0.514. The summed E-state index contributed by atoms with van der Waals surface area (Å²) in [6, 6.07) is 14.6. The molecule has 5 nitrogen and oxygen atoms in total. The lowest BCUT2D eigenvalue weighted by Crippen LogP contribution is -2.37. The first-order valence-electron chi connectivity index (χ1n) is 6.97. The average Bonchev–Trinajstić information content (AvgIpc) is 2.55. The van der Waals surface area contributed by atoms with E-state index in [0.717, 1.165) is 16.7 Å². The number of carbonyl (C=O) groups is 2. The summed E-state index contributed by atoms with van der Waals surface area (Å²) in [7, 11) is 0. The highest BCUT2D eigenvalue weighted by atomic mass is 35.5. The molecule has 0 fully saturated rings. The predicted octanol–water partition coefficient (Wildman–Crippen LogP) is 2.41. The summed E-state index contributed by atoms with van der Waals surface area (Å²) < 4.78 is 0. The molecule has 0 aliphatic heterocycles. The van der Waals surface area contributed by atoms with Crippen molar-refractivity contribution in [1.29, 1.82) is 0 Å². The van der Waals surface area contributed by atoms with Crippen molar-refractivity contribution in [1.82, 2.24) is 10.7 Å². The van der Waals surface area contributed by atoms with Gasteiger partial charge in [-0.25, -0.2) is 5.43 Å². The fraction of sp³-hybridized carbons (Fsp3) is 0.118. The van der Waals surface area contributed by atoms with E-state index in [9.17, 15) is 9.59 Å². The summed E-state index contributed by atoms with van der Waals surface area (Å²) in [4.78, 5) is 23.3. The van der Waals surface area contributed by atoms with Crippen LogP contribution in [0.4, 0.5) is 0 Å². The van der Waals surface area contributed by atoms with E-state index in [0.29, 0.717) is 5.02 Å². The molecule has 23 heavy (non-hydrogen) atoms. The van der Waals surface area contributed by atoms with E-state index < -0.39 is 11.8 Å². The Morgan fingerprint density at radius 1 is 1.04 bits per heavy atom. The van der Waals surface area contributed by atoms with Crippen molar-refractivity contribution in [2.75, 3.05) is 0 Å². The highest BCUT2D eigenvalue weighted by Gasteiger charge is 2.11. The Kier molecular flexibility index (Phi) is 5.88. The Bertz CT molecular complexity index is 710. The summed E-state index contributed by atoms with van der Waals surface area (Å²) in [6.07, 6.45) is 1.43. The van der Waals surface area contributed by atoms with Crippen molar-refractivity contribution in [3.63, 3.8) is 0 Å². The number of halogens is 1. The van der Waals surface area contributed by atoms with E-state index in [2.05, 4.69) is 15.8 Å². The second-order valence-corrected chi connectivity index (χ2v) is 5.36. The molecule has 0 spiro atoms. The second-order valence-electron chi connectivity index (χ2n) is 4.92. The molecule has 2 amide bonds. The van der Waals surface area contributed by atoms with Crippen molar-refractivity contribution in [3.8, 4) is 0 Å². The minimum absolute atomic E-state index is 0.285. The molecule has 0 saturated carbocycles. The lowest BCUT2D eigenvalue weighted by atomic mass is 10.1. The first kappa shape index (κ1) is 16.7. The number of amides is 2. The maximum atomic E-state index is 11.7. The van der Waals surface area contributed by atoms with Crippen molar-refractivity contribution < 1.29 is 9.59 Å². The lowest BCUT2D eigenvalue weighted by Gasteiger charge is -2.04. The Morgan fingerprint density at radius 3 is 2.35 bits per heavy atom. The number of nitrogens with zero attached hydrogens (tertiary/aromatic N) is 1. The van der Waals surface area contributed by atoms with Crippen LogP contribution in [0.5, 0.6) is 0 Å². The number of aryl methyl sites for hydroxylation is 1. The smallest absolute Gasteiger partial charge is 0.329 e. The van der Waals surface area contributed by atoms with Gasteiger partial charge in [0.1, 0.15) is 0 Å². The van der Waals surface area contributed by atoms with Gasteiger partial charge in [-0.3, -0.25) is 9.59 Å².